The molecule has 0 aliphatic carbocycles. The largest absolute Gasteiger partial charge is 0.386 e. The zero-order valence-corrected chi connectivity index (χ0v) is 7.66. The van der Waals surface area contributed by atoms with E-state index in [2.05, 4.69) is 27.6 Å². The number of diazo groups is 1. The Bertz CT molecular complexity index is 288. The molecule has 0 atom stereocenters. The lowest BCUT2D eigenvalue weighted by Crippen LogP contribution is -1.75. The fourth-order valence-corrected chi connectivity index (χ4v) is 1.14. The summed E-state index contributed by atoms with van der Waals surface area (Å²) in [5, 5.41) is 8.37. The minimum absolute atomic E-state index is 0.606. The monoisotopic (exact) mass is 245 g/mol. The van der Waals surface area contributed by atoms with Crippen LogP contribution >= 0.6 is 22.6 Å². The van der Waals surface area contributed by atoms with E-state index in [0.717, 1.165) is 3.57 Å². The van der Waals surface area contributed by atoms with Gasteiger partial charge in [-0.3, -0.25) is 0 Å². The molecule has 0 N–H and O–H groups in total. The second-order valence-corrected chi connectivity index (χ2v) is 3.20. The molecule has 0 aromatic heterocycles. The second-order valence-electron chi connectivity index (χ2n) is 2.03. The van der Waals surface area contributed by atoms with E-state index in [-0.39, 0.29) is 0 Å². The molecule has 0 fully saturated rings. The highest BCUT2D eigenvalue weighted by atomic mass is 127. The molecule has 0 bridgehead atoms. The predicted octanol–water partition coefficient (Wildman–Crippen LogP) is 3.08. The van der Waals surface area contributed by atoms with Gasteiger partial charge in [-0.05, 0) is 35.1 Å². The second kappa shape index (κ2) is 2.97. The highest BCUT2D eigenvalue weighted by Gasteiger charge is 2.04. The number of rotatable bonds is 0. The summed E-state index contributed by atoms with van der Waals surface area (Å²) in [6.45, 7) is 2.02. The standard InChI is InChI=1S/C7H6IN2/c1-5-2-3-6(10-9)4-7(5)8/h2-4H,1H3/q+1. The Morgan fingerprint density at radius 3 is 2.70 bits per heavy atom. The van der Waals surface area contributed by atoms with Crippen LogP contribution in [0.1, 0.15) is 5.56 Å². The summed E-state index contributed by atoms with van der Waals surface area (Å²) in [7, 11) is 0. The summed E-state index contributed by atoms with van der Waals surface area (Å²) in [5.41, 5.74) is 1.81. The number of nitrogens with zero attached hydrogens (tertiary/aromatic N) is 2. The Morgan fingerprint density at radius 1 is 1.50 bits per heavy atom. The summed E-state index contributed by atoms with van der Waals surface area (Å²) < 4.78 is 1.12. The van der Waals surface area contributed by atoms with E-state index in [1.54, 1.807) is 6.07 Å². The van der Waals surface area contributed by atoms with E-state index in [0.29, 0.717) is 5.69 Å². The van der Waals surface area contributed by atoms with Gasteiger partial charge in [-0.2, -0.15) is 0 Å². The highest BCUT2D eigenvalue weighted by Crippen LogP contribution is 2.18. The van der Waals surface area contributed by atoms with E-state index < -0.39 is 0 Å². The van der Waals surface area contributed by atoms with Gasteiger partial charge < -0.3 is 0 Å². The Balaban J connectivity index is 3.20. The molecule has 0 aliphatic rings. The highest BCUT2D eigenvalue weighted by molar-refractivity contribution is 14.1. The lowest BCUT2D eigenvalue weighted by Gasteiger charge is -1.90. The molecule has 0 radical (unpaired) electrons. The number of hydrogen-bond donors (Lipinski definition) is 0. The van der Waals surface area contributed by atoms with Crippen molar-refractivity contribution in [2.45, 2.75) is 6.92 Å². The van der Waals surface area contributed by atoms with Gasteiger partial charge >= 0.3 is 5.69 Å². The topological polar surface area (TPSA) is 28.1 Å². The zero-order chi connectivity index (χ0) is 7.56. The first-order chi connectivity index (χ1) is 4.74. The van der Waals surface area contributed by atoms with E-state index in [9.17, 15) is 0 Å². The van der Waals surface area contributed by atoms with Crippen molar-refractivity contribution in [1.82, 2.24) is 0 Å². The van der Waals surface area contributed by atoms with Crippen LogP contribution < -0.4 is 0 Å². The van der Waals surface area contributed by atoms with Crippen molar-refractivity contribution >= 4 is 28.3 Å². The summed E-state index contributed by atoms with van der Waals surface area (Å²) in [4.78, 5) is 3.07. The lowest BCUT2D eigenvalue weighted by atomic mass is 10.2. The Morgan fingerprint density at radius 2 is 2.20 bits per heavy atom. The van der Waals surface area contributed by atoms with Gasteiger partial charge in [-0.15, -0.1) is 0 Å². The third kappa shape index (κ3) is 1.45. The Kier molecular flexibility index (Phi) is 2.22. The minimum atomic E-state index is 0.606. The fraction of sp³-hybridized carbons (Fsp3) is 0.143. The van der Waals surface area contributed by atoms with Crippen molar-refractivity contribution in [2.24, 2.45) is 0 Å². The first-order valence-corrected chi connectivity index (χ1v) is 3.93. The summed E-state index contributed by atoms with van der Waals surface area (Å²) in [6.07, 6.45) is 0. The van der Waals surface area contributed by atoms with Gasteiger partial charge in [0.05, 0.1) is 0 Å². The van der Waals surface area contributed by atoms with Gasteiger partial charge in [0.25, 0.3) is 0 Å². The summed E-state index contributed by atoms with van der Waals surface area (Å²) in [5.74, 6) is 0. The van der Waals surface area contributed by atoms with Crippen LogP contribution in [-0.4, -0.2) is 0 Å². The Hall–Kier alpha value is -0.630. The van der Waals surface area contributed by atoms with Gasteiger partial charge in [0.2, 0.25) is 5.39 Å². The minimum Gasteiger partial charge on any atom is -0.0502 e. The van der Waals surface area contributed by atoms with E-state index in [1.807, 2.05) is 19.1 Å². The van der Waals surface area contributed by atoms with Crippen molar-refractivity contribution in [3.63, 3.8) is 0 Å². The molecule has 2 nitrogen and oxygen atoms in total. The third-order valence-corrected chi connectivity index (χ3v) is 2.43. The average molecular weight is 245 g/mol. The molecule has 0 saturated heterocycles. The molecule has 1 aromatic rings. The predicted molar refractivity (Wildman–Crippen MR) is 48.6 cm³/mol. The third-order valence-electron chi connectivity index (χ3n) is 1.27. The summed E-state index contributed by atoms with van der Waals surface area (Å²) >= 11 is 2.20. The fourth-order valence-electron chi connectivity index (χ4n) is 0.644. The smallest absolute Gasteiger partial charge is 0.0502 e. The molecule has 0 saturated carbocycles. The van der Waals surface area contributed by atoms with Crippen LogP contribution in [0.3, 0.4) is 0 Å². The van der Waals surface area contributed by atoms with E-state index >= 15 is 0 Å². The molecule has 0 unspecified atom stereocenters. The maximum absolute atomic E-state index is 8.37. The lowest BCUT2D eigenvalue weighted by molar-refractivity contribution is 1.41. The van der Waals surface area contributed by atoms with Gasteiger partial charge in [-0.25, -0.2) is 0 Å². The van der Waals surface area contributed by atoms with Crippen molar-refractivity contribution < 1.29 is 0 Å². The van der Waals surface area contributed by atoms with Gasteiger partial charge in [0.15, 0.2) is 4.98 Å². The maximum Gasteiger partial charge on any atom is 0.386 e. The number of halogens is 1. The first kappa shape index (κ1) is 7.48. The van der Waals surface area contributed by atoms with Crippen LogP contribution in [0.4, 0.5) is 5.69 Å². The average Bonchev–Trinajstić information content (AvgIpc) is 1.95. The quantitative estimate of drug-likeness (QED) is 0.509. The molecular weight excluding hydrogens is 239 g/mol. The molecule has 1 aromatic carbocycles. The molecule has 3 heteroatoms. The maximum atomic E-state index is 8.37. The molecule has 0 amide bonds. The van der Waals surface area contributed by atoms with Crippen molar-refractivity contribution in [3.05, 3.63) is 32.3 Å². The number of aryl methyl sites for hydroxylation is 1. The molecule has 0 heterocycles. The van der Waals surface area contributed by atoms with Crippen molar-refractivity contribution in [3.8, 4) is 0 Å². The van der Waals surface area contributed by atoms with Crippen LogP contribution in [0.25, 0.3) is 4.98 Å². The molecule has 10 heavy (non-hydrogen) atoms. The van der Waals surface area contributed by atoms with Crippen LogP contribution in [-0.2, 0) is 0 Å². The molecule has 0 aliphatic heterocycles. The van der Waals surface area contributed by atoms with Gasteiger partial charge in [0, 0.05) is 15.7 Å². The van der Waals surface area contributed by atoms with Crippen molar-refractivity contribution in [2.75, 3.05) is 0 Å². The van der Waals surface area contributed by atoms with Crippen LogP contribution in [0.15, 0.2) is 18.2 Å². The normalized spacial score (nSPS) is 8.90. The molecular formula is C7H6IN2+. The van der Waals surface area contributed by atoms with Gasteiger partial charge in [0.1, 0.15) is 0 Å². The SMILES string of the molecule is Cc1ccc([N+]#N)cc1I. The van der Waals surface area contributed by atoms with Crippen LogP contribution in [0.2, 0.25) is 0 Å². The van der Waals surface area contributed by atoms with Crippen LogP contribution in [0, 0.1) is 15.9 Å². The van der Waals surface area contributed by atoms with Crippen molar-refractivity contribution in [1.29, 1.82) is 5.39 Å². The van der Waals surface area contributed by atoms with E-state index in [4.69, 9.17) is 5.39 Å². The van der Waals surface area contributed by atoms with Gasteiger partial charge in [-0.1, -0.05) is 6.07 Å². The van der Waals surface area contributed by atoms with Crippen LogP contribution in [0.5, 0.6) is 0 Å². The summed E-state index contributed by atoms with van der Waals surface area (Å²) in [6, 6.07) is 5.53. The Labute approximate surface area is 73.0 Å². The number of hydrogen-bond acceptors (Lipinski definition) is 1. The zero-order valence-electron chi connectivity index (χ0n) is 5.50. The first-order valence-electron chi connectivity index (χ1n) is 2.85. The number of benzene rings is 1. The van der Waals surface area contributed by atoms with E-state index in [1.165, 1.54) is 5.56 Å². The molecule has 50 valence electrons. The molecule has 0 spiro atoms. The molecule has 1 rings (SSSR count).